The SMILES string of the molecule is CCOC(=O)Cn1cc(-c2ccc(CC)cc2)nn1. The Balaban J connectivity index is 2.09. The predicted molar refractivity (Wildman–Crippen MR) is 71.5 cm³/mol. The third-order valence-electron chi connectivity index (χ3n) is 2.79. The van der Waals surface area contributed by atoms with Gasteiger partial charge in [0.1, 0.15) is 12.2 Å². The zero-order valence-electron chi connectivity index (χ0n) is 11.2. The van der Waals surface area contributed by atoms with Gasteiger partial charge in [-0.05, 0) is 18.9 Å². The molecule has 0 N–H and O–H groups in total. The van der Waals surface area contributed by atoms with Gasteiger partial charge in [0.2, 0.25) is 0 Å². The third-order valence-corrected chi connectivity index (χ3v) is 2.79. The average molecular weight is 259 g/mol. The topological polar surface area (TPSA) is 57.0 Å². The molecule has 0 amide bonds. The zero-order chi connectivity index (χ0) is 13.7. The molecule has 2 aromatic rings. The highest BCUT2D eigenvalue weighted by molar-refractivity contribution is 5.69. The van der Waals surface area contributed by atoms with Crippen LogP contribution >= 0.6 is 0 Å². The standard InChI is InChI=1S/C14H17N3O2/c1-3-11-5-7-12(8-6-11)13-9-17(16-15-13)10-14(18)19-4-2/h5-9H,3-4,10H2,1-2H3. The fourth-order valence-electron chi connectivity index (χ4n) is 1.76. The lowest BCUT2D eigenvalue weighted by atomic mass is 10.1. The van der Waals surface area contributed by atoms with Crippen molar-refractivity contribution in [1.82, 2.24) is 15.0 Å². The van der Waals surface area contributed by atoms with Crippen LogP contribution in [0.2, 0.25) is 0 Å². The Morgan fingerprint density at radius 3 is 2.63 bits per heavy atom. The van der Waals surface area contributed by atoms with Crippen molar-refractivity contribution in [3.63, 3.8) is 0 Å². The molecule has 0 aliphatic carbocycles. The Morgan fingerprint density at radius 2 is 2.00 bits per heavy atom. The van der Waals surface area contributed by atoms with Gasteiger partial charge in [0.05, 0.1) is 12.8 Å². The molecule has 0 atom stereocenters. The highest BCUT2D eigenvalue weighted by atomic mass is 16.5. The zero-order valence-corrected chi connectivity index (χ0v) is 11.2. The number of aryl methyl sites for hydroxylation is 1. The normalized spacial score (nSPS) is 10.4. The summed E-state index contributed by atoms with van der Waals surface area (Å²) in [6.45, 7) is 4.36. The van der Waals surface area contributed by atoms with E-state index in [1.165, 1.54) is 10.2 Å². The van der Waals surface area contributed by atoms with Crippen LogP contribution in [0, 0.1) is 0 Å². The van der Waals surface area contributed by atoms with Crippen molar-refractivity contribution < 1.29 is 9.53 Å². The Hall–Kier alpha value is -2.17. The second-order valence-corrected chi connectivity index (χ2v) is 4.16. The van der Waals surface area contributed by atoms with E-state index in [1.54, 1.807) is 13.1 Å². The van der Waals surface area contributed by atoms with Gasteiger partial charge in [-0.2, -0.15) is 0 Å². The first-order valence-corrected chi connectivity index (χ1v) is 6.38. The molecule has 19 heavy (non-hydrogen) atoms. The maximum absolute atomic E-state index is 11.3. The van der Waals surface area contributed by atoms with Crippen molar-refractivity contribution in [1.29, 1.82) is 0 Å². The van der Waals surface area contributed by atoms with E-state index in [0.717, 1.165) is 17.7 Å². The molecule has 1 aromatic carbocycles. The van der Waals surface area contributed by atoms with Crippen molar-refractivity contribution in [2.45, 2.75) is 26.8 Å². The van der Waals surface area contributed by atoms with Gasteiger partial charge < -0.3 is 4.74 Å². The van der Waals surface area contributed by atoms with Crippen LogP contribution < -0.4 is 0 Å². The van der Waals surface area contributed by atoms with Crippen LogP contribution in [-0.2, 0) is 22.5 Å². The number of benzene rings is 1. The van der Waals surface area contributed by atoms with Gasteiger partial charge >= 0.3 is 5.97 Å². The van der Waals surface area contributed by atoms with Gasteiger partial charge in [-0.1, -0.05) is 36.4 Å². The van der Waals surface area contributed by atoms with Gasteiger partial charge in [0.25, 0.3) is 0 Å². The maximum Gasteiger partial charge on any atom is 0.327 e. The summed E-state index contributed by atoms with van der Waals surface area (Å²) in [5.41, 5.74) is 3.03. The van der Waals surface area contributed by atoms with Crippen molar-refractivity contribution in [2.24, 2.45) is 0 Å². The van der Waals surface area contributed by atoms with Crippen LogP contribution in [-0.4, -0.2) is 27.6 Å². The lowest BCUT2D eigenvalue weighted by Gasteiger charge is -2.00. The summed E-state index contributed by atoms with van der Waals surface area (Å²) in [5, 5.41) is 7.98. The van der Waals surface area contributed by atoms with E-state index < -0.39 is 0 Å². The molecule has 0 aliphatic heterocycles. The van der Waals surface area contributed by atoms with E-state index in [9.17, 15) is 4.79 Å². The Bertz CT molecular complexity index is 546. The molecule has 0 saturated heterocycles. The molecule has 5 heteroatoms. The molecule has 2 rings (SSSR count). The van der Waals surface area contributed by atoms with Gasteiger partial charge in [0.15, 0.2) is 0 Å². The highest BCUT2D eigenvalue weighted by Gasteiger charge is 2.07. The van der Waals surface area contributed by atoms with Crippen LogP contribution in [0.15, 0.2) is 30.5 Å². The average Bonchev–Trinajstić information content (AvgIpc) is 2.87. The second kappa shape index (κ2) is 6.13. The number of ether oxygens (including phenoxy) is 1. The predicted octanol–water partition coefficient (Wildman–Crippen LogP) is 2.07. The van der Waals surface area contributed by atoms with E-state index in [4.69, 9.17) is 4.74 Å². The van der Waals surface area contributed by atoms with Crippen molar-refractivity contribution in [3.8, 4) is 11.3 Å². The summed E-state index contributed by atoms with van der Waals surface area (Å²) in [5.74, 6) is -0.305. The summed E-state index contributed by atoms with van der Waals surface area (Å²) >= 11 is 0. The number of hydrogen-bond acceptors (Lipinski definition) is 4. The lowest BCUT2D eigenvalue weighted by molar-refractivity contribution is -0.144. The van der Waals surface area contributed by atoms with E-state index in [0.29, 0.717) is 6.61 Å². The fraction of sp³-hybridized carbons (Fsp3) is 0.357. The van der Waals surface area contributed by atoms with Crippen molar-refractivity contribution in [3.05, 3.63) is 36.0 Å². The molecule has 0 unspecified atom stereocenters. The summed E-state index contributed by atoms with van der Waals surface area (Å²) < 4.78 is 6.35. The van der Waals surface area contributed by atoms with Gasteiger partial charge in [-0.25, -0.2) is 4.68 Å². The van der Waals surface area contributed by atoms with Gasteiger partial charge in [-0.15, -0.1) is 5.10 Å². The first kappa shape index (κ1) is 13.3. The molecule has 5 nitrogen and oxygen atoms in total. The van der Waals surface area contributed by atoms with Crippen molar-refractivity contribution >= 4 is 5.97 Å². The monoisotopic (exact) mass is 259 g/mol. The highest BCUT2D eigenvalue weighted by Crippen LogP contribution is 2.16. The molecule has 1 heterocycles. The molecule has 100 valence electrons. The molecule has 0 saturated carbocycles. The van der Waals surface area contributed by atoms with E-state index in [1.807, 2.05) is 12.1 Å². The minimum absolute atomic E-state index is 0.0912. The first-order valence-electron chi connectivity index (χ1n) is 6.38. The van der Waals surface area contributed by atoms with Crippen LogP contribution in [0.3, 0.4) is 0 Å². The quantitative estimate of drug-likeness (QED) is 0.771. The maximum atomic E-state index is 11.3. The smallest absolute Gasteiger partial charge is 0.327 e. The van der Waals surface area contributed by atoms with Crippen molar-refractivity contribution in [2.75, 3.05) is 6.61 Å². The van der Waals surface area contributed by atoms with Crippen LogP contribution in [0.1, 0.15) is 19.4 Å². The lowest BCUT2D eigenvalue weighted by Crippen LogP contribution is -2.13. The fourth-order valence-corrected chi connectivity index (χ4v) is 1.76. The van der Waals surface area contributed by atoms with Crippen LogP contribution in [0.4, 0.5) is 0 Å². The Morgan fingerprint density at radius 1 is 1.26 bits per heavy atom. The molecule has 0 bridgehead atoms. The van der Waals surface area contributed by atoms with E-state index >= 15 is 0 Å². The minimum atomic E-state index is -0.305. The number of nitrogens with zero attached hydrogens (tertiary/aromatic N) is 3. The Kier molecular flexibility index (Phi) is 4.28. The number of carbonyl (C=O) groups excluding carboxylic acids is 1. The molecule has 1 aromatic heterocycles. The second-order valence-electron chi connectivity index (χ2n) is 4.16. The molecular formula is C14H17N3O2. The number of aromatic nitrogens is 3. The molecule has 0 aliphatic rings. The molecular weight excluding hydrogens is 242 g/mol. The van der Waals surface area contributed by atoms with Crippen LogP contribution in [0.5, 0.6) is 0 Å². The number of rotatable bonds is 5. The summed E-state index contributed by atoms with van der Waals surface area (Å²) in [4.78, 5) is 11.3. The van der Waals surface area contributed by atoms with Gasteiger partial charge in [0, 0.05) is 5.56 Å². The number of esters is 1. The Labute approximate surface area is 112 Å². The summed E-state index contributed by atoms with van der Waals surface area (Å²) in [7, 11) is 0. The number of hydrogen-bond donors (Lipinski definition) is 0. The summed E-state index contributed by atoms with van der Waals surface area (Å²) in [6, 6.07) is 8.16. The first-order chi connectivity index (χ1) is 9.22. The van der Waals surface area contributed by atoms with E-state index in [2.05, 4.69) is 29.4 Å². The van der Waals surface area contributed by atoms with Gasteiger partial charge in [-0.3, -0.25) is 4.79 Å². The minimum Gasteiger partial charge on any atom is -0.465 e. The molecule has 0 fully saturated rings. The van der Waals surface area contributed by atoms with Crippen LogP contribution in [0.25, 0.3) is 11.3 Å². The third kappa shape index (κ3) is 3.40. The largest absolute Gasteiger partial charge is 0.465 e. The molecule has 0 spiro atoms. The van der Waals surface area contributed by atoms with E-state index in [-0.39, 0.29) is 12.5 Å². The number of carbonyl (C=O) groups is 1. The molecule has 0 radical (unpaired) electrons. The summed E-state index contributed by atoms with van der Waals surface area (Å²) in [6.07, 6.45) is 2.76.